The van der Waals surface area contributed by atoms with Gasteiger partial charge in [-0.05, 0) is 74.4 Å². The number of nitrogens with one attached hydrogen (secondary N) is 1. The number of hydrogen-bond acceptors (Lipinski definition) is 4. The maximum atomic E-state index is 14.4. The molecule has 0 heterocycles. The number of nitrogens with zero attached hydrogens (tertiary/aromatic N) is 2. The molecular formula is C34H35Cl2N3O4S. The Hall–Kier alpha value is -3.85. The van der Waals surface area contributed by atoms with Crippen molar-refractivity contribution < 1.29 is 18.0 Å². The number of aryl methyl sites for hydroxylation is 1. The van der Waals surface area contributed by atoms with Crippen LogP contribution in [0.25, 0.3) is 0 Å². The van der Waals surface area contributed by atoms with E-state index in [2.05, 4.69) is 5.32 Å². The first-order valence-corrected chi connectivity index (χ1v) is 16.4. The number of benzene rings is 4. The molecule has 44 heavy (non-hydrogen) atoms. The van der Waals surface area contributed by atoms with E-state index in [1.54, 1.807) is 18.2 Å². The van der Waals surface area contributed by atoms with Gasteiger partial charge in [-0.3, -0.25) is 13.9 Å². The quantitative estimate of drug-likeness (QED) is 0.186. The fourth-order valence-corrected chi connectivity index (χ4v) is 6.44. The van der Waals surface area contributed by atoms with Gasteiger partial charge in [0.05, 0.1) is 10.6 Å². The highest BCUT2D eigenvalue weighted by atomic mass is 35.5. The summed E-state index contributed by atoms with van der Waals surface area (Å²) in [6, 6.07) is 28.0. The zero-order chi connectivity index (χ0) is 31.9. The van der Waals surface area contributed by atoms with Gasteiger partial charge in [-0.1, -0.05) is 89.4 Å². The zero-order valence-corrected chi connectivity index (χ0v) is 27.1. The van der Waals surface area contributed by atoms with Crippen LogP contribution in [0.1, 0.15) is 30.5 Å². The molecule has 1 N–H and O–H groups in total. The largest absolute Gasteiger partial charge is 0.352 e. The molecule has 4 aromatic rings. The Morgan fingerprint density at radius 3 is 2.07 bits per heavy atom. The van der Waals surface area contributed by atoms with Crippen LogP contribution in [-0.2, 0) is 32.6 Å². The molecule has 4 aromatic carbocycles. The van der Waals surface area contributed by atoms with Crippen molar-refractivity contribution in [2.45, 2.75) is 50.7 Å². The van der Waals surface area contributed by atoms with Crippen molar-refractivity contribution >= 4 is 50.7 Å². The number of carbonyl (C=O) groups excluding carboxylic acids is 2. The van der Waals surface area contributed by atoms with Crippen molar-refractivity contribution in [3.63, 3.8) is 0 Å². The molecule has 4 rings (SSSR count). The van der Waals surface area contributed by atoms with Crippen molar-refractivity contribution in [1.29, 1.82) is 0 Å². The van der Waals surface area contributed by atoms with Gasteiger partial charge in [0.1, 0.15) is 12.6 Å². The summed E-state index contributed by atoms with van der Waals surface area (Å²) >= 11 is 12.3. The van der Waals surface area contributed by atoms with E-state index >= 15 is 0 Å². The molecule has 230 valence electrons. The molecule has 0 spiro atoms. The second kappa shape index (κ2) is 14.8. The first kappa shape index (κ1) is 33.1. The molecule has 0 aliphatic carbocycles. The molecule has 0 bridgehead atoms. The van der Waals surface area contributed by atoms with Crippen LogP contribution in [0.2, 0.25) is 10.0 Å². The molecular weight excluding hydrogens is 617 g/mol. The van der Waals surface area contributed by atoms with Gasteiger partial charge >= 0.3 is 0 Å². The lowest BCUT2D eigenvalue weighted by molar-refractivity contribution is -0.140. The van der Waals surface area contributed by atoms with E-state index in [4.69, 9.17) is 23.2 Å². The number of halogens is 2. The summed E-state index contributed by atoms with van der Waals surface area (Å²) in [5, 5.41) is 3.63. The summed E-state index contributed by atoms with van der Waals surface area (Å²) in [6.07, 6.45) is 0.234. The highest BCUT2D eigenvalue weighted by Crippen LogP contribution is 2.28. The number of hydrogen-bond donors (Lipinski definition) is 1. The summed E-state index contributed by atoms with van der Waals surface area (Å²) in [5.74, 6) is -0.887. The van der Waals surface area contributed by atoms with Gasteiger partial charge in [0, 0.05) is 29.1 Å². The maximum absolute atomic E-state index is 14.4. The van der Waals surface area contributed by atoms with Crippen molar-refractivity contribution in [3.8, 4) is 0 Å². The predicted octanol–water partition coefficient (Wildman–Crippen LogP) is 6.66. The third kappa shape index (κ3) is 8.62. The highest BCUT2D eigenvalue weighted by Gasteiger charge is 2.35. The highest BCUT2D eigenvalue weighted by molar-refractivity contribution is 7.92. The Kier molecular flexibility index (Phi) is 11.1. The lowest BCUT2D eigenvalue weighted by Crippen LogP contribution is -2.54. The SMILES string of the molecule is Cc1ccc(CN(C(=O)CN(c2cccc(Cl)c2)S(=O)(=O)c2ccc(Cl)cc2)C(Cc2ccccc2)C(=O)NC(C)C)cc1. The second-order valence-electron chi connectivity index (χ2n) is 10.8. The van der Waals surface area contributed by atoms with Gasteiger partial charge in [0.15, 0.2) is 0 Å². The summed E-state index contributed by atoms with van der Waals surface area (Å²) in [4.78, 5) is 29.6. The van der Waals surface area contributed by atoms with Crippen LogP contribution in [0.4, 0.5) is 5.69 Å². The Morgan fingerprint density at radius 1 is 0.795 bits per heavy atom. The molecule has 2 amide bonds. The average Bonchev–Trinajstić information content (AvgIpc) is 2.98. The van der Waals surface area contributed by atoms with Crippen LogP contribution in [0, 0.1) is 6.92 Å². The number of amides is 2. The number of sulfonamides is 1. The van der Waals surface area contributed by atoms with Crippen molar-refractivity contribution in [3.05, 3.63) is 130 Å². The van der Waals surface area contributed by atoms with Gasteiger partial charge in [-0.2, -0.15) is 0 Å². The molecule has 10 heteroatoms. The number of carbonyl (C=O) groups is 2. The lowest BCUT2D eigenvalue weighted by Gasteiger charge is -2.34. The minimum Gasteiger partial charge on any atom is -0.352 e. The monoisotopic (exact) mass is 651 g/mol. The molecule has 1 unspecified atom stereocenters. The van der Waals surface area contributed by atoms with Crippen LogP contribution >= 0.6 is 23.2 Å². The summed E-state index contributed by atoms with van der Waals surface area (Å²) in [5.41, 5.74) is 2.92. The average molecular weight is 653 g/mol. The van der Waals surface area contributed by atoms with E-state index in [0.717, 1.165) is 21.0 Å². The van der Waals surface area contributed by atoms with Crippen LogP contribution < -0.4 is 9.62 Å². The standard InChI is InChI=1S/C34H35Cl2N3O4S/c1-24(2)37-34(41)32(20-26-8-5-4-6-9-26)38(22-27-14-12-25(3)13-15-27)33(40)23-39(30-11-7-10-29(36)21-30)44(42,43)31-18-16-28(35)17-19-31/h4-19,21,24,32H,20,22-23H2,1-3H3,(H,37,41). The summed E-state index contributed by atoms with van der Waals surface area (Å²) in [7, 11) is -4.25. The first-order chi connectivity index (χ1) is 20.9. The van der Waals surface area contributed by atoms with Gasteiger partial charge in [-0.25, -0.2) is 8.42 Å². The van der Waals surface area contributed by atoms with Crippen LogP contribution in [0.3, 0.4) is 0 Å². The lowest BCUT2D eigenvalue weighted by atomic mass is 10.0. The Morgan fingerprint density at radius 2 is 1.45 bits per heavy atom. The molecule has 1 atom stereocenters. The number of anilines is 1. The van der Waals surface area contributed by atoms with E-state index < -0.39 is 28.5 Å². The van der Waals surface area contributed by atoms with Gasteiger partial charge in [0.25, 0.3) is 10.0 Å². The van der Waals surface area contributed by atoms with E-state index in [-0.39, 0.29) is 35.5 Å². The predicted molar refractivity (Wildman–Crippen MR) is 176 cm³/mol. The molecule has 0 fully saturated rings. The van der Waals surface area contributed by atoms with E-state index in [9.17, 15) is 18.0 Å². The zero-order valence-electron chi connectivity index (χ0n) is 24.8. The van der Waals surface area contributed by atoms with Crippen LogP contribution in [-0.4, -0.2) is 43.8 Å². The normalized spacial score (nSPS) is 12.0. The van der Waals surface area contributed by atoms with E-state index in [0.29, 0.717) is 10.0 Å². The van der Waals surface area contributed by atoms with E-state index in [1.807, 2.05) is 75.4 Å². The number of rotatable bonds is 12. The summed E-state index contributed by atoms with van der Waals surface area (Å²) < 4.78 is 29.1. The third-order valence-electron chi connectivity index (χ3n) is 6.95. The minimum absolute atomic E-state index is 0.0434. The maximum Gasteiger partial charge on any atom is 0.264 e. The smallest absolute Gasteiger partial charge is 0.264 e. The van der Waals surface area contributed by atoms with Crippen molar-refractivity contribution in [2.24, 2.45) is 0 Å². The van der Waals surface area contributed by atoms with Crippen LogP contribution in [0.5, 0.6) is 0 Å². The topological polar surface area (TPSA) is 86.8 Å². The van der Waals surface area contributed by atoms with Gasteiger partial charge in [-0.15, -0.1) is 0 Å². The van der Waals surface area contributed by atoms with E-state index in [1.165, 1.54) is 35.2 Å². The fraction of sp³-hybridized carbons (Fsp3) is 0.235. The first-order valence-electron chi connectivity index (χ1n) is 14.2. The molecule has 0 saturated carbocycles. The molecule has 0 aromatic heterocycles. The van der Waals surface area contributed by atoms with Gasteiger partial charge < -0.3 is 10.2 Å². The molecule has 0 saturated heterocycles. The molecule has 0 radical (unpaired) electrons. The van der Waals surface area contributed by atoms with Gasteiger partial charge in [0.2, 0.25) is 11.8 Å². The van der Waals surface area contributed by atoms with Crippen LogP contribution in [0.15, 0.2) is 108 Å². The molecule has 0 aliphatic rings. The van der Waals surface area contributed by atoms with Crippen molar-refractivity contribution in [1.82, 2.24) is 10.2 Å². The molecule has 0 aliphatic heterocycles. The molecule has 7 nitrogen and oxygen atoms in total. The fourth-order valence-electron chi connectivity index (χ4n) is 4.72. The minimum atomic E-state index is -4.25. The Bertz CT molecular complexity index is 1680. The Labute approximate surface area is 269 Å². The Balaban J connectivity index is 1.80. The third-order valence-corrected chi connectivity index (χ3v) is 9.23. The summed E-state index contributed by atoms with van der Waals surface area (Å²) in [6.45, 7) is 5.18. The van der Waals surface area contributed by atoms with Crippen molar-refractivity contribution in [2.75, 3.05) is 10.8 Å². The second-order valence-corrected chi connectivity index (χ2v) is 13.6.